The molecule has 0 spiro atoms. The van der Waals surface area contributed by atoms with Crippen molar-refractivity contribution in [3.05, 3.63) is 12.0 Å². The predicted molar refractivity (Wildman–Crippen MR) is 54.4 cm³/mol. The lowest BCUT2D eigenvalue weighted by atomic mass is 10.3. The van der Waals surface area contributed by atoms with Gasteiger partial charge in [-0.2, -0.15) is 0 Å². The molecule has 0 heterocycles. The molecule has 0 aromatic carbocycles. The van der Waals surface area contributed by atoms with E-state index < -0.39 is 8.32 Å². The van der Waals surface area contributed by atoms with Gasteiger partial charge in [-0.1, -0.05) is 13.3 Å². The summed E-state index contributed by atoms with van der Waals surface area (Å²) in [6.45, 7) is 8.57. The van der Waals surface area contributed by atoms with Crippen molar-refractivity contribution in [3.8, 4) is 0 Å². The molecule has 0 aromatic heterocycles. The van der Waals surface area contributed by atoms with Gasteiger partial charge in [-0.15, -0.1) is 0 Å². The van der Waals surface area contributed by atoms with Crippen LogP contribution in [-0.2, 0) is 9.16 Å². The quantitative estimate of drug-likeness (QED) is 0.487. The van der Waals surface area contributed by atoms with E-state index in [9.17, 15) is 0 Å². The summed E-state index contributed by atoms with van der Waals surface area (Å²) in [6.07, 6.45) is 4.16. The first-order valence-corrected chi connectivity index (χ1v) is 7.83. The molecule has 0 radical (unpaired) electrons. The average Bonchev–Trinajstić information content (AvgIpc) is 1.95. The fourth-order valence-corrected chi connectivity index (χ4v) is 1.50. The molecule has 0 rings (SSSR count). The van der Waals surface area contributed by atoms with Crippen LogP contribution < -0.4 is 0 Å². The Morgan fingerprint density at radius 3 is 2.25 bits per heavy atom. The lowest BCUT2D eigenvalue weighted by Crippen LogP contribution is -2.25. The highest BCUT2D eigenvalue weighted by Crippen LogP contribution is 2.11. The summed E-state index contributed by atoms with van der Waals surface area (Å²) in [5.74, 6) is 0.691. The normalized spacial score (nSPS) is 12.9. The maximum absolute atomic E-state index is 5.67. The second-order valence-corrected chi connectivity index (χ2v) is 8.16. The number of hydrogen-bond donors (Lipinski definition) is 0. The van der Waals surface area contributed by atoms with Crippen LogP contribution in [0.4, 0.5) is 0 Å². The van der Waals surface area contributed by atoms with Crippen molar-refractivity contribution in [1.82, 2.24) is 0 Å². The zero-order chi connectivity index (χ0) is 9.61. The van der Waals surface area contributed by atoms with Crippen LogP contribution in [0.5, 0.6) is 0 Å². The van der Waals surface area contributed by atoms with Crippen LogP contribution in [0.2, 0.25) is 19.6 Å². The van der Waals surface area contributed by atoms with Gasteiger partial charge in [0.2, 0.25) is 8.32 Å². The molecular weight excluding hydrogens is 168 g/mol. The molecular formula is C9H20O2Si. The minimum atomic E-state index is -1.48. The summed E-state index contributed by atoms with van der Waals surface area (Å²) in [7, 11) is 0.170. The van der Waals surface area contributed by atoms with Crippen molar-refractivity contribution in [2.45, 2.75) is 39.4 Å². The average molecular weight is 188 g/mol. The van der Waals surface area contributed by atoms with Gasteiger partial charge in [0.05, 0.1) is 7.11 Å². The van der Waals surface area contributed by atoms with Crippen LogP contribution in [0.1, 0.15) is 19.8 Å². The molecule has 2 nitrogen and oxygen atoms in total. The van der Waals surface area contributed by atoms with Gasteiger partial charge in [0.25, 0.3) is 5.95 Å². The van der Waals surface area contributed by atoms with E-state index in [4.69, 9.17) is 9.16 Å². The van der Waals surface area contributed by atoms with E-state index in [-0.39, 0.29) is 0 Å². The Balaban J connectivity index is 3.99. The van der Waals surface area contributed by atoms with Crippen LogP contribution >= 0.6 is 0 Å². The Bertz CT molecular complexity index is 147. The van der Waals surface area contributed by atoms with E-state index in [0.717, 1.165) is 12.8 Å². The van der Waals surface area contributed by atoms with Crippen LogP contribution in [0.15, 0.2) is 12.0 Å². The molecule has 0 aliphatic heterocycles. The summed E-state index contributed by atoms with van der Waals surface area (Å²) in [6, 6.07) is 0. The molecule has 12 heavy (non-hydrogen) atoms. The Morgan fingerprint density at radius 1 is 1.33 bits per heavy atom. The molecule has 0 atom stereocenters. The summed E-state index contributed by atoms with van der Waals surface area (Å²) < 4.78 is 10.8. The highest BCUT2D eigenvalue weighted by Gasteiger charge is 2.17. The van der Waals surface area contributed by atoms with Crippen molar-refractivity contribution >= 4 is 8.32 Å². The molecule has 0 N–H and O–H groups in total. The van der Waals surface area contributed by atoms with Crippen molar-refractivity contribution in [2.75, 3.05) is 7.11 Å². The summed E-state index contributed by atoms with van der Waals surface area (Å²) in [4.78, 5) is 0. The van der Waals surface area contributed by atoms with Gasteiger partial charge >= 0.3 is 0 Å². The molecule has 0 unspecified atom stereocenters. The second kappa shape index (κ2) is 5.25. The van der Waals surface area contributed by atoms with E-state index in [1.54, 1.807) is 7.11 Å². The van der Waals surface area contributed by atoms with Crippen molar-refractivity contribution in [1.29, 1.82) is 0 Å². The number of allylic oxidation sites excluding steroid dienone is 1. The lowest BCUT2D eigenvalue weighted by Gasteiger charge is -2.20. The Morgan fingerprint density at radius 2 is 1.92 bits per heavy atom. The standard InChI is InChI=1S/C9H20O2Si/c1-6-7-8-9(10-2)11-12(3,4)5/h8H,6-7H2,1-5H3/b9-8-. The van der Waals surface area contributed by atoms with Gasteiger partial charge in [-0.25, -0.2) is 0 Å². The molecule has 0 aliphatic carbocycles. The number of rotatable bonds is 5. The van der Waals surface area contributed by atoms with Gasteiger partial charge in [-0.3, -0.25) is 0 Å². The van der Waals surface area contributed by atoms with E-state index in [0.29, 0.717) is 5.95 Å². The molecule has 0 saturated heterocycles. The number of unbranched alkanes of at least 4 members (excludes halogenated alkanes) is 1. The largest absolute Gasteiger partial charge is 0.520 e. The van der Waals surface area contributed by atoms with E-state index in [1.165, 1.54) is 0 Å². The minimum Gasteiger partial charge on any atom is -0.520 e. The first kappa shape index (κ1) is 11.6. The van der Waals surface area contributed by atoms with Crippen molar-refractivity contribution < 1.29 is 9.16 Å². The molecule has 0 fully saturated rings. The molecule has 0 aromatic rings. The third kappa shape index (κ3) is 6.28. The highest BCUT2D eigenvalue weighted by molar-refractivity contribution is 6.69. The first-order chi connectivity index (χ1) is 5.49. The highest BCUT2D eigenvalue weighted by atomic mass is 28.4. The first-order valence-electron chi connectivity index (χ1n) is 4.42. The number of ether oxygens (including phenoxy) is 1. The maximum Gasteiger partial charge on any atom is 0.260 e. The fourth-order valence-electron chi connectivity index (χ4n) is 0.731. The van der Waals surface area contributed by atoms with Gasteiger partial charge in [0, 0.05) is 0 Å². The van der Waals surface area contributed by atoms with E-state index in [2.05, 4.69) is 26.6 Å². The zero-order valence-corrected chi connectivity index (χ0v) is 9.81. The minimum absolute atomic E-state index is 0.691. The molecule has 0 aliphatic rings. The smallest absolute Gasteiger partial charge is 0.260 e. The van der Waals surface area contributed by atoms with Gasteiger partial charge in [0.1, 0.15) is 0 Å². The number of hydrogen-bond acceptors (Lipinski definition) is 2. The lowest BCUT2D eigenvalue weighted by molar-refractivity contribution is 0.145. The summed E-state index contributed by atoms with van der Waals surface area (Å²) in [5, 5.41) is 0. The van der Waals surface area contributed by atoms with Gasteiger partial charge in [0.15, 0.2) is 0 Å². The summed E-state index contributed by atoms with van der Waals surface area (Å²) in [5.41, 5.74) is 0. The third-order valence-corrected chi connectivity index (χ3v) is 2.02. The zero-order valence-electron chi connectivity index (χ0n) is 8.81. The third-order valence-electron chi connectivity index (χ3n) is 1.21. The summed E-state index contributed by atoms with van der Waals surface area (Å²) >= 11 is 0. The molecule has 72 valence electrons. The molecule has 0 bridgehead atoms. The number of methoxy groups -OCH3 is 1. The van der Waals surface area contributed by atoms with Crippen LogP contribution in [0.25, 0.3) is 0 Å². The SMILES string of the molecule is CCC/C=C(/OC)O[Si](C)(C)C. The van der Waals surface area contributed by atoms with Crippen molar-refractivity contribution in [3.63, 3.8) is 0 Å². The second-order valence-electron chi connectivity index (χ2n) is 3.73. The van der Waals surface area contributed by atoms with Crippen LogP contribution in [-0.4, -0.2) is 15.4 Å². The van der Waals surface area contributed by atoms with Crippen molar-refractivity contribution in [2.24, 2.45) is 0 Å². The molecule has 0 saturated carbocycles. The molecule has 0 amide bonds. The maximum atomic E-state index is 5.67. The Hall–Kier alpha value is -0.443. The Labute approximate surface area is 76.7 Å². The van der Waals surface area contributed by atoms with Crippen LogP contribution in [0, 0.1) is 0 Å². The van der Waals surface area contributed by atoms with E-state index >= 15 is 0 Å². The fraction of sp³-hybridized carbons (Fsp3) is 0.778. The van der Waals surface area contributed by atoms with Gasteiger partial charge < -0.3 is 9.16 Å². The monoisotopic (exact) mass is 188 g/mol. The van der Waals surface area contributed by atoms with Crippen LogP contribution in [0.3, 0.4) is 0 Å². The van der Waals surface area contributed by atoms with Gasteiger partial charge in [-0.05, 0) is 32.1 Å². The Kier molecular flexibility index (Phi) is 5.05. The van der Waals surface area contributed by atoms with E-state index in [1.807, 2.05) is 6.08 Å². The topological polar surface area (TPSA) is 18.5 Å². The molecule has 3 heteroatoms. The predicted octanol–water partition coefficient (Wildman–Crippen LogP) is 3.13.